The van der Waals surface area contributed by atoms with E-state index < -0.39 is 0 Å². The topological polar surface area (TPSA) is 9.23 Å². The number of hydrogen-bond acceptors (Lipinski definition) is 1. The summed E-state index contributed by atoms with van der Waals surface area (Å²) in [6, 6.07) is 5.71. The molecule has 0 spiro atoms. The summed E-state index contributed by atoms with van der Waals surface area (Å²) in [6.45, 7) is 3.31. The van der Waals surface area contributed by atoms with Crippen molar-refractivity contribution in [1.29, 1.82) is 0 Å². The van der Waals surface area contributed by atoms with Gasteiger partial charge in [-0.15, -0.1) is 0 Å². The highest BCUT2D eigenvalue weighted by molar-refractivity contribution is 5.22. The molecular weight excluding hydrogens is 143 g/mol. The molecule has 0 radical (unpaired) electrons. The van der Waals surface area contributed by atoms with Crippen molar-refractivity contribution in [3.05, 3.63) is 48.7 Å². The smallest absolute Gasteiger partial charge is 0.133 e. The maximum absolute atomic E-state index is 12.3. The highest BCUT2D eigenvalue weighted by Gasteiger charge is 1.90. The molecule has 0 saturated heterocycles. The van der Waals surface area contributed by atoms with Gasteiger partial charge in [-0.3, -0.25) is 0 Å². The van der Waals surface area contributed by atoms with Gasteiger partial charge in [-0.25, -0.2) is 4.39 Å². The fourth-order valence-corrected chi connectivity index (χ4v) is 0.623. The van der Waals surface area contributed by atoms with Crippen LogP contribution in [0.1, 0.15) is 0 Å². The molecule has 0 N–H and O–H groups in total. The largest absolute Gasteiger partial charge is 0.457 e. The third kappa shape index (κ3) is 2.28. The third-order valence-electron chi connectivity index (χ3n) is 1.09. The van der Waals surface area contributed by atoms with Crippen molar-refractivity contribution in [2.24, 2.45) is 0 Å². The van der Waals surface area contributed by atoms with Gasteiger partial charge in [0.15, 0.2) is 0 Å². The van der Waals surface area contributed by atoms with Crippen molar-refractivity contribution in [2.45, 2.75) is 0 Å². The Hall–Kier alpha value is -1.53. The van der Waals surface area contributed by atoms with E-state index in [9.17, 15) is 4.39 Å². The number of ether oxygens (including phenoxy) is 1. The van der Waals surface area contributed by atoms with Gasteiger partial charge in [-0.2, -0.15) is 0 Å². The van der Waals surface area contributed by atoms with Crippen LogP contribution >= 0.6 is 0 Å². The average Bonchev–Trinajstić information content (AvgIpc) is 2.04. The van der Waals surface area contributed by atoms with Crippen molar-refractivity contribution in [1.82, 2.24) is 0 Å². The molecule has 0 amide bonds. The first-order valence-corrected chi connectivity index (χ1v) is 3.09. The fraction of sp³-hybridized carbons (Fsp3) is 0. The van der Waals surface area contributed by atoms with Crippen molar-refractivity contribution in [3.8, 4) is 5.75 Å². The van der Waals surface area contributed by atoms with Crippen LogP contribution in [-0.4, -0.2) is 0 Å². The lowest BCUT2D eigenvalue weighted by atomic mass is 10.3. The molecule has 56 valence electrons. The molecule has 0 aliphatic rings. The molecule has 0 unspecified atom stereocenters. The van der Waals surface area contributed by atoms with Crippen LogP contribution in [0.5, 0.6) is 5.75 Å². The molecule has 1 nitrogen and oxygen atoms in total. The summed E-state index contributed by atoms with van der Waals surface area (Å²) in [5.74, 6) is 0.294. The number of halogens is 1. The Morgan fingerprint density at radius 3 is 2.55 bits per heavy atom. The van der Waals surface area contributed by atoms with Crippen molar-refractivity contribution < 1.29 is 9.13 Å². The zero-order chi connectivity index (χ0) is 8.10. The molecule has 0 aliphatic carbocycles. The predicted octanol–water partition coefficient (Wildman–Crippen LogP) is 2.50. The Bertz CT molecular complexity index is 270. The van der Waals surface area contributed by atoms with Crippen LogP contribution in [0.4, 0.5) is 4.39 Å². The van der Waals surface area contributed by atoms with E-state index in [0.29, 0.717) is 5.75 Å². The SMILES string of the molecule is C=C=COc1ccc(F)cc1. The highest BCUT2D eigenvalue weighted by atomic mass is 19.1. The van der Waals surface area contributed by atoms with Gasteiger partial charge in [0.2, 0.25) is 0 Å². The molecule has 2 heteroatoms. The Kier molecular flexibility index (Phi) is 2.47. The van der Waals surface area contributed by atoms with Crippen molar-refractivity contribution >= 4 is 0 Å². The Balaban J connectivity index is 2.73. The van der Waals surface area contributed by atoms with Crippen LogP contribution in [0.2, 0.25) is 0 Å². The normalized spacial score (nSPS) is 8.45. The maximum atomic E-state index is 12.3. The molecule has 0 aliphatic heterocycles. The summed E-state index contributed by atoms with van der Waals surface area (Å²) in [5, 5.41) is 0. The van der Waals surface area contributed by atoms with E-state index in [0.717, 1.165) is 0 Å². The first kappa shape index (κ1) is 7.58. The molecule has 1 aromatic rings. The summed E-state index contributed by atoms with van der Waals surface area (Å²) < 4.78 is 17.3. The van der Waals surface area contributed by atoms with E-state index in [1.54, 1.807) is 0 Å². The lowest BCUT2D eigenvalue weighted by molar-refractivity contribution is 0.480. The summed E-state index contributed by atoms with van der Waals surface area (Å²) in [6.07, 6.45) is 1.31. The molecule has 1 rings (SSSR count). The zero-order valence-corrected chi connectivity index (χ0v) is 5.88. The average molecular weight is 150 g/mol. The van der Waals surface area contributed by atoms with Gasteiger partial charge in [0, 0.05) is 0 Å². The summed E-state index contributed by atoms with van der Waals surface area (Å²) in [4.78, 5) is 0. The van der Waals surface area contributed by atoms with Gasteiger partial charge < -0.3 is 4.74 Å². The van der Waals surface area contributed by atoms with Gasteiger partial charge in [0.25, 0.3) is 0 Å². The van der Waals surface area contributed by atoms with E-state index in [2.05, 4.69) is 12.3 Å². The zero-order valence-electron chi connectivity index (χ0n) is 5.88. The van der Waals surface area contributed by atoms with Crippen LogP contribution in [0.3, 0.4) is 0 Å². The minimum Gasteiger partial charge on any atom is -0.457 e. The summed E-state index contributed by atoms with van der Waals surface area (Å²) in [7, 11) is 0. The number of benzene rings is 1. The second-order valence-electron chi connectivity index (χ2n) is 1.89. The quantitative estimate of drug-likeness (QED) is 0.465. The molecule has 0 fully saturated rings. The lowest BCUT2D eigenvalue weighted by Crippen LogP contribution is -1.80. The molecule has 0 bridgehead atoms. The third-order valence-corrected chi connectivity index (χ3v) is 1.09. The van der Waals surface area contributed by atoms with Gasteiger partial charge in [0.1, 0.15) is 17.8 Å². The van der Waals surface area contributed by atoms with Crippen LogP contribution in [0.25, 0.3) is 0 Å². The molecule has 0 saturated carbocycles. The Morgan fingerprint density at radius 2 is 2.00 bits per heavy atom. The lowest BCUT2D eigenvalue weighted by Gasteiger charge is -1.96. The van der Waals surface area contributed by atoms with Gasteiger partial charge in [-0.1, -0.05) is 12.3 Å². The van der Waals surface area contributed by atoms with Crippen LogP contribution in [0.15, 0.2) is 42.8 Å². The molecular formula is C9H7FO. The summed E-state index contributed by atoms with van der Waals surface area (Å²) >= 11 is 0. The number of rotatable bonds is 2. The van der Waals surface area contributed by atoms with E-state index >= 15 is 0 Å². The van der Waals surface area contributed by atoms with Crippen LogP contribution in [-0.2, 0) is 0 Å². The van der Waals surface area contributed by atoms with Gasteiger partial charge in [-0.05, 0) is 24.3 Å². The first-order valence-electron chi connectivity index (χ1n) is 3.09. The van der Waals surface area contributed by atoms with Gasteiger partial charge in [0.05, 0.1) is 0 Å². The molecule has 1 aromatic carbocycles. The molecule has 0 atom stereocenters. The van der Waals surface area contributed by atoms with Gasteiger partial charge >= 0.3 is 0 Å². The standard InChI is InChI=1S/C9H7FO/c1-2-7-11-9-5-3-8(10)4-6-9/h3-7H,1H2. The highest BCUT2D eigenvalue weighted by Crippen LogP contribution is 2.10. The van der Waals surface area contributed by atoms with E-state index in [4.69, 9.17) is 4.74 Å². The second kappa shape index (κ2) is 3.59. The van der Waals surface area contributed by atoms with E-state index in [-0.39, 0.29) is 5.82 Å². The van der Waals surface area contributed by atoms with Crippen LogP contribution < -0.4 is 4.74 Å². The van der Waals surface area contributed by atoms with E-state index in [1.165, 1.54) is 30.5 Å². The monoisotopic (exact) mass is 150 g/mol. The minimum absolute atomic E-state index is 0.278. The minimum atomic E-state index is -0.278. The molecule has 0 heterocycles. The molecule has 11 heavy (non-hydrogen) atoms. The second-order valence-corrected chi connectivity index (χ2v) is 1.89. The van der Waals surface area contributed by atoms with Crippen molar-refractivity contribution in [3.63, 3.8) is 0 Å². The van der Waals surface area contributed by atoms with E-state index in [1.807, 2.05) is 0 Å². The fourth-order valence-electron chi connectivity index (χ4n) is 0.623. The molecule has 0 aromatic heterocycles. The van der Waals surface area contributed by atoms with Crippen molar-refractivity contribution in [2.75, 3.05) is 0 Å². The number of hydrogen-bond donors (Lipinski definition) is 0. The first-order chi connectivity index (χ1) is 5.33. The predicted molar refractivity (Wildman–Crippen MR) is 40.7 cm³/mol. The van der Waals surface area contributed by atoms with Crippen LogP contribution in [0, 0.1) is 5.82 Å². The Labute approximate surface area is 64.4 Å². The Morgan fingerprint density at radius 1 is 1.36 bits per heavy atom. The summed E-state index contributed by atoms with van der Waals surface area (Å²) in [5.41, 5.74) is 2.44. The maximum Gasteiger partial charge on any atom is 0.133 e.